The number of halogens is 2. The van der Waals surface area contributed by atoms with Crippen LogP contribution in [-0.2, 0) is 6.54 Å². The van der Waals surface area contributed by atoms with Gasteiger partial charge in [0.05, 0.1) is 5.52 Å². The summed E-state index contributed by atoms with van der Waals surface area (Å²) in [7, 11) is 0. The average molecular weight is 318 g/mol. The second-order valence-electron chi connectivity index (χ2n) is 4.55. The lowest BCUT2D eigenvalue weighted by atomic mass is 10.2. The predicted molar refractivity (Wildman–Crippen MR) is 88.1 cm³/mol. The van der Waals surface area contributed by atoms with Crippen molar-refractivity contribution < 1.29 is 0 Å². The van der Waals surface area contributed by atoms with Crippen LogP contribution in [0.4, 0.5) is 0 Å². The Kier molecular flexibility index (Phi) is 4.54. The summed E-state index contributed by atoms with van der Waals surface area (Å²) in [5.41, 5.74) is 9.16. The number of nitriles is 1. The second kappa shape index (κ2) is 6.19. The molecule has 0 amide bonds. The molecule has 0 bridgehead atoms. The Bertz CT molecular complexity index is 814. The molecule has 1 heterocycles. The van der Waals surface area contributed by atoms with E-state index in [2.05, 4.69) is 6.07 Å². The molecule has 21 heavy (non-hydrogen) atoms. The Morgan fingerprint density at radius 2 is 1.81 bits per heavy atom. The molecule has 3 rings (SSSR count). The van der Waals surface area contributed by atoms with Crippen LogP contribution in [0.25, 0.3) is 16.6 Å². The maximum atomic E-state index is 9.33. The molecule has 1 aromatic heterocycles. The normalized spacial score (nSPS) is 10.1. The van der Waals surface area contributed by atoms with Crippen molar-refractivity contribution in [2.24, 2.45) is 5.73 Å². The number of hydrogen-bond acceptors (Lipinski definition) is 2. The number of nitrogens with two attached hydrogens (primary N) is 1. The van der Waals surface area contributed by atoms with Gasteiger partial charge in [-0.3, -0.25) is 0 Å². The van der Waals surface area contributed by atoms with Gasteiger partial charge in [-0.2, -0.15) is 5.26 Å². The molecule has 0 spiro atoms. The molecule has 0 atom stereocenters. The fourth-order valence-electron chi connectivity index (χ4n) is 2.33. The van der Waals surface area contributed by atoms with Crippen molar-refractivity contribution in [2.75, 3.05) is 0 Å². The highest BCUT2D eigenvalue weighted by atomic mass is 35.5. The summed E-state index contributed by atoms with van der Waals surface area (Å²) in [6.45, 7) is 0.507. The van der Waals surface area contributed by atoms with E-state index in [0.29, 0.717) is 17.3 Å². The zero-order valence-electron chi connectivity index (χ0n) is 11.1. The zero-order valence-corrected chi connectivity index (χ0v) is 12.7. The molecule has 106 valence electrons. The van der Waals surface area contributed by atoms with Crippen LogP contribution >= 0.6 is 24.0 Å². The Morgan fingerprint density at radius 1 is 1.10 bits per heavy atom. The maximum Gasteiger partial charge on any atom is 0.125 e. The van der Waals surface area contributed by atoms with Crippen LogP contribution < -0.4 is 5.73 Å². The van der Waals surface area contributed by atoms with Crippen molar-refractivity contribution in [3.8, 4) is 11.8 Å². The van der Waals surface area contributed by atoms with Crippen molar-refractivity contribution in [3.63, 3.8) is 0 Å². The third-order valence-electron chi connectivity index (χ3n) is 3.31. The van der Waals surface area contributed by atoms with E-state index in [0.717, 1.165) is 22.2 Å². The van der Waals surface area contributed by atoms with Crippen molar-refractivity contribution in [1.29, 1.82) is 5.26 Å². The summed E-state index contributed by atoms with van der Waals surface area (Å²) >= 11 is 6.00. The van der Waals surface area contributed by atoms with Gasteiger partial charge < -0.3 is 10.3 Å². The summed E-state index contributed by atoms with van der Waals surface area (Å²) in [5.74, 6) is 0. The van der Waals surface area contributed by atoms with Crippen molar-refractivity contribution >= 4 is 34.9 Å². The third-order valence-corrected chi connectivity index (χ3v) is 3.54. The molecule has 2 aromatic carbocycles. The smallest absolute Gasteiger partial charge is 0.125 e. The molecule has 0 saturated heterocycles. The lowest BCUT2D eigenvalue weighted by Crippen LogP contribution is -1.99. The molecule has 0 unspecified atom stereocenters. The highest BCUT2D eigenvalue weighted by molar-refractivity contribution is 6.31. The van der Waals surface area contributed by atoms with Gasteiger partial charge >= 0.3 is 0 Å². The summed E-state index contributed by atoms with van der Waals surface area (Å²) < 4.78 is 1.92. The molecule has 3 nitrogen and oxygen atoms in total. The minimum atomic E-state index is 0. The van der Waals surface area contributed by atoms with Crippen LogP contribution in [-0.4, -0.2) is 4.57 Å². The van der Waals surface area contributed by atoms with Gasteiger partial charge in [0, 0.05) is 22.6 Å². The van der Waals surface area contributed by atoms with E-state index in [1.807, 2.05) is 53.1 Å². The van der Waals surface area contributed by atoms with Crippen LogP contribution in [0.5, 0.6) is 0 Å². The Labute approximate surface area is 134 Å². The first kappa shape index (κ1) is 15.4. The zero-order chi connectivity index (χ0) is 14.1. The summed E-state index contributed by atoms with van der Waals surface area (Å²) in [4.78, 5) is 0. The predicted octanol–water partition coefficient (Wildman–Crippen LogP) is 4.04. The number of nitrogens with zero attached hydrogens (tertiary/aromatic N) is 2. The number of aromatic nitrogens is 1. The first-order valence-corrected chi connectivity index (χ1v) is 6.61. The van der Waals surface area contributed by atoms with E-state index < -0.39 is 0 Å². The van der Waals surface area contributed by atoms with Gasteiger partial charge in [-0.25, -0.2) is 0 Å². The number of fused-ring (bicyclic) bond motifs is 1. The number of hydrogen-bond donors (Lipinski definition) is 1. The summed E-state index contributed by atoms with van der Waals surface area (Å²) in [5, 5.41) is 10.9. The minimum absolute atomic E-state index is 0. The first-order chi connectivity index (χ1) is 9.72. The third kappa shape index (κ3) is 2.74. The van der Waals surface area contributed by atoms with Gasteiger partial charge in [0.25, 0.3) is 0 Å². The van der Waals surface area contributed by atoms with E-state index in [9.17, 15) is 5.26 Å². The van der Waals surface area contributed by atoms with Crippen molar-refractivity contribution in [2.45, 2.75) is 6.54 Å². The van der Waals surface area contributed by atoms with E-state index in [1.54, 1.807) is 0 Å². The lowest BCUT2D eigenvalue weighted by molar-refractivity contribution is 1.05. The molecule has 0 radical (unpaired) electrons. The van der Waals surface area contributed by atoms with Gasteiger partial charge in [0.2, 0.25) is 0 Å². The molecular formula is C16H13Cl2N3. The Hall–Kier alpha value is -1.99. The molecule has 0 aliphatic heterocycles. The molecule has 0 aliphatic rings. The number of rotatable bonds is 2. The largest absolute Gasteiger partial charge is 0.326 e. The molecule has 0 saturated carbocycles. The molecule has 0 fully saturated rings. The second-order valence-corrected chi connectivity index (χ2v) is 4.99. The standard InChI is InChI=1S/C16H12ClN3.ClH/c17-13-3-6-16-12(7-13)8-15(10-19)20(16)14-4-1-11(9-18)2-5-14;/h1-8H,9,18H2;1H. The molecule has 3 aromatic rings. The van der Waals surface area contributed by atoms with Crippen LogP contribution in [0.2, 0.25) is 5.02 Å². The minimum Gasteiger partial charge on any atom is -0.326 e. The SMILES string of the molecule is Cl.N#Cc1cc2cc(Cl)ccc2n1-c1ccc(CN)cc1. The van der Waals surface area contributed by atoms with E-state index in [4.69, 9.17) is 17.3 Å². The first-order valence-electron chi connectivity index (χ1n) is 6.23. The number of benzene rings is 2. The van der Waals surface area contributed by atoms with E-state index >= 15 is 0 Å². The maximum absolute atomic E-state index is 9.33. The molecule has 5 heteroatoms. The van der Waals surface area contributed by atoms with Crippen LogP contribution in [0, 0.1) is 11.3 Å². The molecule has 0 aliphatic carbocycles. The van der Waals surface area contributed by atoms with Gasteiger partial charge in [0.1, 0.15) is 11.8 Å². The van der Waals surface area contributed by atoms with Crippen LogP contribution in [0.15, 0.2) is 48.5 Å². The fourth-order valence-corrected chi connectivity index (χ4v) is 2.51. The van der Waals surface area contributed by atoms with E-state index in [-0.39, 0.29) is 12.4 Å². The average Bonchev–Trinajstić information content (AvgIpc) is 2.84. The van der Waals surface area contributed by atoms with Gasteiger partial charge in [0.15, 0.2) is 0 Å². The van der Waals surface area contributed by atoms with Crippen molar-refractivity contribution in [3.05, 3.63) is 64.8 Å². The Balaban J connectivity index is 0.00000161. The van der Waals surface area contributed by atoms with Gasteiger partial charge in [-0.1, -0.05) is 23.7 Å². The lowest BCUT2D eigenvalue weighted by Gasteiger charge is -2.08. The quantitative estimate of drug-likeness (QED) is 0.775. The van der Waals surface area contributed by atoms with Crippen molar-refractivity contribution in [1.82, 2.24) is 4.57 Å². The van der Waals surface area contributed by atoms with Crippen LogP contribution in [0.1, 0.15) is 11.3 Å². The van der Waals surface area contributed by atoms with Gasteiger partial charge in [-0.15, -0.1) is 12.4 Å². The monoisotopic (exact) mass is 317 g/mol. The highest BCUT2D eigenvalue weighted by Gasteiger charge is 2.10. The summed E-state index contributed by atoms with van der Waals surface area (Å²) in [6.07, 6.45) is 0. The van der Waals surface area contributed by atoms with E-state index in [1.165, 1.54) is 0 Å². The molecule has 2 N–H and O–H groups in total. The summed E-state index contributed by atoms with van der Waals surface area (Å²) in [6, 6.07) is 17.6. The van der Waals surface area contributed by atoms with Gasteiger partial charge in [-0.05, 0) is 42.0 Å². The fraction of sp³-hybridized carbons (Fsp3) is 0.0625. The molecular weight excluding hydrogens is 305 g/mol. The van der Waals surface area contributed by atoms with Crippen LogP contribution in [0.3, 0.4) is 0 Å². The Morgan fingerprint density at radius 3 is 2.43 bits per heavy atom. The highest BCUT2D eigenvalue weighted by Crippen LogP contribution is 2.26. The topological polar surface area (TPSA) is 54.7 Å².